The lowest BCUT2D eigenvalue weighted by Gasteiger charge is -2.16. The predicted molar refractivity (Wildman–Crippen MR) is 109 cm³/mol. The molecule has 3 heterocycles. The first-order chi connectivity index (χ1) is 13.7. The lowest BCUT2D eigenvalue weighted by atomic mass is 10.1. The van der Waals surface area contributed by atoms with Crippen LogP contribution < -0.4 is 10.6 Å². The van der Waals surface area contributed by atoms with Gasteiger partial charge in [0.1, 0.15) is 23.1 Å². The lowest BCUT2D eigenvalue weighted by Crippen LogP contribution is -2.11. The molecule has 1 unspecified atom stereocenters. The molecule has 0 aliphatic carbocycles. The molecule has 0 radical (unpaired) electrons. The van der Waals surface area contributed by atoms with Gasteiger partial charge < -0.3 is 15.1 Å². The van der Waals surface area contributed by atoms with Crippen LogP contribution in [-0.2, 0) is 0 Å². The molecule has 0 saturated heterocycles. The van der Waals surface area contributed by atoms with E-state index in [1.807, 2.05) is 6.92 Å². The van der Waals surface area contributed by atoms with E-state index in [0.29, 0.717) is 29.0 Å². The standard InChI is InChI=1S/C19H16FN7O.ClH/c1-12(13-2-4-14(20)5-3-13)24-19-25-15(16-9-22-11-28-16)8-17(27-19)26-18-10-21-6-7-23-18;/h2-12H,1H3,(H2,23,24,25,26,27);1H. The molecule has 1 atom stereocenters. The molecule has 148 valence electrons. The Bertz CT molecular complexity index is 1050. The second-order valence-corrected chi connectivity index (χ2v) is 5.96. The Morgan fingerprint density at radius 2 is 1.83 bits per heavy atom. The number of hydrogen-bond acceptors (Lipinski definition) is 8. The van der Waals surface area contributed by atoms with Gasteiger partial charge in [0.05, 0.1) is 18.4 Å². The van der Waals surface area contributed by atoms with Crippen molar-refractivity contribution in [3.63, 3.8) is 0 Å². The zero-order valence-corrected chi connectivity index (χ0v) is 16.1. The van der Waals surface area contributed by atoms with E-state index < -0.39 is 0 Å². The van der Waals surface area contributed by atoms with E-state index in [0.717, 1.165) is 5.56 Å². The van der Waals surface area contributed by atoms with E-state index in [-0.39, 0.29) is 24.3 Å². The van der Waals surface area contributed by atoms with E-state index >= 15 is 0 Å². The Morgan fingerprint density at radius 3 is 2.52 bits per heavy atom. The van der Waals surface area contributed by atoms with Crippen LogP contribution in [0.3, 0.4) is 0 Å². The number of nitrogens with zero attached hydrogens (tertiary/aromatic N) is 5. The molecule has 1 aromatic carbocycles. The number of halogens is 2. The van der Waals surface area contributed by atoms with Gasteiger partial charge in [0.15, 0.2) is 12.2 Å². The first kappa shape index (κ1) is 20.2. The molecule has 3 aromatic heterocycles. The van der Waals surface area contributed by atoms with Gasteiger partial charge in [-0.15, -0.1) is 12.4 Å². The molecule has 0 aliphatic rings. The maximum atomic E-state index is 13.2. The van der Waals surface area contributed by atoms with E-state index in [9.17, 15) is 4.39 Å². The molecule has 0 aliphatic heterocycles. The van der Waals surface area contributed by atoms with Crippen molar-refractivity contribution < 1.29 is 8.81 Å². The van der Waals surface area contributed by atoms with Crippen molar-refractivity contribution in [2.75, 3.05) is 10.6 Å². The van der Waals surface area contributed by atoms with E-state index in [1.54, 1.807) is 43.0 Å². The minimum Gasteiger partial charge on any atom is -0.442 e. The molecular weight excluding hydrogens is 397 g/mol. The summed E-state index contributed by atoms with van der Waals surface area (Å²) in [6, 6.07) is 7.84. The average molecular weight is 414 g/mol. The van der Waals surface area contributed by atoms with E-state index in [1.165, 1.54) is 18.5 Å². The lowest BCUT2D eigenvalue weighted by molar-refractivity contribution is 0.569. The number of anilines is 3. The fourth-order valence-corrected chi connectivity index (χ4v) is 2.57. The Labute approximate surface area is 172 Å². The van der Waals surface area contributed by atoms with Gasteiger partial charge in [0.2, 0.25) is 5.95 Å². The van der Waals surface area contributed by atoms with E-state index in [2.05, 4.69) is 35.6 Å². The second-order valence-electron chi connectivity index (χ2n) is 5.96. The first-order valence-electron chi connectivity index (χ1n) is 8.50. The highest BCUT2D eigenvalue weighted by Gasteiger charge is 2.13. The van der Waals surface area contributed by atoms with Crippen molar-refractivity contribution in [1.82, 2.24) is 24.9 Å². The molecule has 0 bridgehead atoms. The van der Waals surface area contributed by atoms with Crippen LogP contribution >= 0.6 is 12.4 Å². The topological polar surface area (TPSA) is 102 Å². The highest BCUT2D eigenvalue weighted by atomic mass is 35.5. The normalized spacial score (nSPS) is 11.4. The van der Waals surface area contributed by atoms with Gasteiger partial charge in [-0.05, 0) is 24.6 Å². The van der Waals surface area contributed by atoms with Crippen LogP contribution in [0.4, 0.5) is 22.0 Å². The summed E-state index contributed by atoms with van der Waals surface area (Å²) in [6.45, 7) is 1.94. The SMILES string of the molecule is CC(Nc1nc(Nc2cnccn2)cc(-c2cnco2)n1)c1ccc(F)cc1.Cl. The molecule has 0 fully saturated rings. The van der Waals surface area contributed by atoms with Crippen molar-refractivity contribution in [3.8, 4) is 11.5 Å². The molecule has 0 amide bonds. The smallest absolute Gasteiger partial charge is 0.225 e. The van der Waals surface area contributed by atoms with Crippen LogP contribution in [0.2, 0.25) is 0 Å². The number of nitrogens with one attached hydrogen (secondary N) is 2. The summed E-state index contributed by atoms with van der Waals surface area (Å²) in [5.41, 5.74) is 1.45. The molecule has 4 aromatic rings. The molecule has 29 heavy (non-hydrogen) atoms. The molecule has 8 nitrogen and oxygen atoms in total. The Morgan fingerprint density at radius 1 is 1.00 bits per heavy atom. The maximum Gasteiger partial charge on any atom is 0.225 e. The van der Waals surface area contributed by atoms with Gasteiger partial charge in [-0.25, -0.2) is 19.3 Å². The molecule has 0 saturated carbocycles. The third-order valence-corrected chi connectivity index (χ3v) is 3.95. The van der Waals surface area contributed by atoms with Crippen LogP contribution in [0.5, 0.6) is 0 Å². The van der Waals surface area contributed by atoms with Crippen molar-refractivity contribution in [1.29, 1.82) is 0 Å². The van der Waals surface area contributed by atoms with Crippen LogP contribution in [0.15, 0.2) is 65.9 Å². The van der Waals surface area contributed by atoms with Crippen molar-refractivity contribution in [2.24, 2.45) is 0 Å². The van der Waals surface area contributed by atoms with Crippen molar-refractivity contribution in [3.05, 3.63) is 72.9 Å². The Kier molecular flexibility index (Phi) is 6.30. The van der Waals surface area contributed by atoms with Crippen molar-refractivity contribution >= 4 is 30.0 Å². The van der Waals surface area contributed by atoms with Crippen molar-refractivity contribution in [2.45, 2.75) is 13.0 Å². The second kappa shape index (κ2) is 9.07. The van der Waals surface area contributed by atoms with Crippen LogP contribution in [-0.4, -0.2) is 24.9 Å². The maximum absolute atomic E-state index is 13.2. The predicted octanol–water partition coefficient (Wildman–Crippen LogP) is 4.40. The number of aromatic nitrogens is 5. The fraction of sp³-hybridized carbons (Fsp3) is 0.105. The number of hydrogen-bond donors (Lipinski definition) is 2. The highest BCUT2D eigenvalue weighted by molar-refractivity contribution is 5.85. The van der Waals surface area contributed by atoms with E-state index in [4.69, 9.17) is 4.42 Å². The molecule has 2 N–H and O–H groups in total. The van der Waals surface area contributed by atoms with Crippen LogP contribution in [0.25, 0.3) is 11.5 Å². The summed E-state index contributed by atoms with van der Waals surface area (Å²) in [5.74, 6) is 1.65. The quantitative estimate of drug-likeness (QED) is 0.479. The molecule has 10 heteroatoms. The summed E-state index contributed by atoms with van der Waals surface area (Å²) in [6.07, 6.45) is 7.66. The Hall–Kier alpha value is -3.59. The monoisotopic (exact) mass is 413 g/mol. The molecular formula is C19H17ClFN7O. The molecule has 0 spiro atoms. The number of oxazole rings is 1. The largest absolute Gasteiger partial charge is 0.442 e. The summed E-state index contributed by atoms with van der Waals surface area (Å²) in [4.78, 5) is 21.1. The minimum atomic E-state index is -0.282. The zero-order valence-electron chi connectivity index (χ0n) is 15.3. The number of rotatable bonds is 6. The summed E-state index contributed by atoms with van der Waals surface area (Å²) < 4.78 is 18.5. The zero-order chi connectivity index (χ0) is 19.3. The first-order valence-corrected chi connectivity index (χ1v) is 8.50. The fourth-order valence-electron chi connectivity index (χ4n) is 2.57. The van der Waals surface area contributed by atoms with Crippen LogP contribution in [0.1, 0.15) is 18.5 Å². The van der Waals surface area contributed by atoms with Gasteiger partial charge in [-0.1, -0.05) is 12.1 Å². The minimum absolute atomic E-state index is 0. The number of benzene rings is 1. The average Bonchev–Trinajstić information content (AvgIpc) is 3.24. The van der Waals surface area contributed by atoms with Gasteiger partial charge >= 0.3 is 0 Å². The van der Waals surface area contributed by atoms with Gasteiger partial charge in [-0.2, -0.15) is 4.98 Å². The Balaban J connectivity index is 0.00000240. The third-order valence-electron chi connectivity index (χ3n) is 3.95. The van der Waals surface area contributed by atoms with Crippen LogP contribution in [0, 0.1) is 5.82 Å². The van der Waals surface area contributed by atoms with Gasteiger partial charge in [0, 0.05) is 18.5 Å². The summed E-state index contributed by atoms with van der Waals surface area (Å²) >= 11 is 0. The highest BCUT2D eigenvalue weighted by Crippen LogP contribution is 2.25. The molecule has 4 rings (SSSR count). The van der Waals surface area contributed by atoms with Gasteiger partial charge in [0.25, 0.3) is 0 Å². The third kappa shape index (κ3) is 5.02. The van der Waals surface area contributed by atoms with Gasteiger partial charge in [-0.3, -0.25) is 4.98 Å². The summed E-state index contributed by atoms with van der Waals surface area (Å²) in [5, 5.41) is 6.31. The summed E-state index contributed by atoms with van der Waals surface area (Å²) in [7, 11) is 0.